The Balaban J connectivity index is 2.26. The number of aromatic nitrogens is 4. The Morgan fingerprint density at radius 2 is 1.80 bits per heavy atom. The first-order chi connectivity index (χ1) is 9.56. The first-order valence-corrected chi connectivity index (χ1v) is 7.89. The Bertz CT molecular complexity index is 713. The molecule has 2 aromatic heterocycles. The van der Waals surface area contributed by atoms with Crippen molar-refractivity contribution in [3.05, 3.63) is 26.7 Å². The van der Waals surface area contributed by atoms with E-state index in [1.165, 1.54) is 17.4 Å². The summed E-state index contributed by atoms with van der Waals surface area (Å²) < 4.78 is 3.17. The molecule has 6 nitrogen and oxygen atoms in total. The van der Waals surface area contributed by atoms with Gasteiger partial charge in [0, 0.05) is 25.8 Å². The average molecular weight is 343 g/mol. The van der Waals surface area contributed by atoms with Crippen molar-refractivity contribution in [1.29, 1.82) is 0 Å². The minimum atomic E-state index is -0.426. The zero-order valence-electron chi connectivity index (χ0n) is 11.8. The molecule has 0 aromatic carbocycles. The maximum Gasteiger partial charge on any atom is 0.329 e. The van der Waals surface area contributed by atoms with Gasteiger partial charge in [0.05, 0.1) is 0 Å². The van der Waals surface area contributed by atoms with Crippen molar-refractivity contribution in [3.63, 3.8) is 0 Å². The number of fused-ring (bicyclic) bond motifs is 1. The van der Waals surface area contributed by atoms with E-state index in [0.29, 0.717) is 11.2 Å². The molecule has 2 aromatic rings. The van der Waals surface area contributed by atoms with E-state index in [4.69, 9.17) is 0 Å². The van der Waals surface area contributed by atoms with Crippen LogP contribution in [-0.2, 0) is 20.5 Å². The lowest BCUT2D eigenvalue weighted by Crippen LogP contribution is -2.29. The number of rotatable bonds is 6. The number of hydrogen-bond acceptors (Lipinski definition) is 3. The summed E-state index contributed by atoms with van der Waals surface area (Å²) in [6, 6.07) is 0. The highest BCUT2D eigenvalue weighted by Gasteiger charge is 2.14. The van der Waals surface area contributed by atoms with Crippen LogP contribution in [0.2, 0.25) is 0 Å². The first kappa shape index (κ1) is 15.0. The second kappa shape index (κ2) is 6.39. The molecule has 1 N–H and O–H groups in total. The molecule has 0 amide bonds. The molecule has 110 valence electrons. The number of nitrogens with one attached hydrogen (secondary N) is 1. The Morgan fingerprint density at radius 1 is 1.10 bits per heavy atom. The number of imidazole rings is 1. The van der Waals surface area contributed by atoms with Gasteiger partial charge in [-0.3, -0.25) is 14.3 Å². The molecule has 0 radical (unpaired) electrons. The molecule has 0 aliphatic rings. The van der Waals surface area contributed by atoms with E-state index in [-0.39, 0.29) is 5.56 Å². The molecule has 0 saturated heterocycles. The third-order valence-corrected chi connectivity index (χ3v) is 4.07. The molecule has 0 bridgehead atoms. The molecular weight excluding hydrogens is 324 g/mol. The average Bonchev–Trinajstić information content (AvgIpc) is 2.74. The summed E-state index contributed by atoms with van der Waals surface area (Å²) in [6.07, 6.45) is 5.37. The molecular formula is C13H19BrN4O2. The third-order valence-electron chi connectivity index (χ3n) is 3.51. The van der Waals surface area contributed by atoms with Crippen molar-refractivity contribution in [2.75, 3.05) is 5.33 Å². The van der Waals surface area contributed by atoms with Gasteiger partial charge in [0.2, 0.25) is 0 Å². The number of nitrogens with zero attached hydrogens (tertiary/aromatic N) is 3. The van der Waals surface area contributed by atoms with Crippen molar-refractivity contribution < 1.29 is 0 Å². The Morgan fingerprint density at radius 3 is 2.50 bits per heavy atom. The highest BCUT2D eigenvalue weighted by molar-refractivity contribution is 9.09. The van der Waals surface area contributed by atoms with Crippen LogP contribution in [0.4, 0.5) is 0 Å². The Labute approximate surface area is 125 Å². The lowest BCUT2D eigenvalue weighted by atomic mass is 10.1. The minimum absolute atomic E-state index is 0.372. The van der Waals surface area contributed by atoms with Gasteiger partial charge in [-0.05, 0) is 12.8 Å². The van der Waals surface area contributed by atoms with Gasteiger partial charge >= 0.3 is 5.69 Å². The maximum atomic E-state index is 11.9. The molecule has 2 heterocycles. The van der Waals surface area contributed by atoms with E-state index in [9.17, 15) is 9.59 Å². The highest BCUT2D eigenvalue weighted by Crippen LogP contribution is 2.12. The van der Waals surface area contributed by atoms with Crippen LogP contribution in [0.3, 0.4) is 0 Å². The number of aromatic amines is 1. The summed E-state index contributed by atoms with van der Waals surface area (Å²) in [4.78, 5) is 30.2. The summed E-state index contributed by atoms with van der Waals surface area (Å²) >= 11 is 3.42. The third kappa shape index (κ3) is 2.87. The van der Waals surface area contributed by atoms with Crippen LogP contribution in [-0.4, -0.2) is 24.4 Å². The fourth-order valence-corrected chi connectivity index (χ4v) is 2.70. The van der Waals surface area contributed by atoms with Gasteiger partial charge < -0.3 is 4.57 Å². The van der Waals surface area contributed by atoms with Crippen LogP contribution in [0, 0.1) is 0 Å². The number of H-pyrrole nitrogens is 1. The Kier molecular flexibility index (Phi) is 4.80. The molecule has 7 heteroatoms. The number of hydrogen-bond donors (Lipinski definition) is 1. The quantitative estimate of drug-likeness (QED) is 0.638. The molecule has 0 spiro atoms. The van der Waals surface area contributed by atoms with E-state index in [0.717, 1.165) is 30.4 Å². The second-order valence-electron chi connectivity index (χ2n) is 4.93. The van der Waals surface area contributed by atoms with E-state index >= 15 is 0 Å². The predicted octanol–water partition coefficient (Wildman–Crippen LogP) is 1.46. The summed E-state index contributed by atoms with van der Waals surface area (Å²) in [6.45, 7) is 0. The fraction of sp³-hybridized carbons (Fsp3) is 0.615. The monoisotopic (exact) mass is 342 g/mol. The van der Waals surface area contributed by atoms with Crippen molar-refractivity contribution in [2.45, 2.75) is 32.1 Å². The molecule has 0 aliphatic heterocycles. The number of alkyl halides is 1. The van der Waals surface area contributed by atoms with Gasteiger partial charge in [0.1, 0.15) is 5.82 Å². The summed E-state index contributed by atoms with van der Waals surface area (Å²) in [7, 11) is 3.44. The molecule has 0 saturated carbocycles. The lowest BCUT2D eigenvalue weighted by Gasteiger charge is -2.01. The minimum Gasteiger partial charge on any atom is -0.325 e. The predicted molar refractivity (Wildman–Crippen MR) is 82.5 cm³/mol. The van der Waals surface area contributed by atoms with Crippen LogP contribution >= 0.6 is 15.9 Å². The smallest absolute Gasteiger partial charge is 0.325 e. The van der Waals surface area contributed by atoms with Crippen molar-refractivity contribution >= 4 is 27.1 Å². The standard InChI is InChI=1S/C13H19BrN4O2/c1-17-9(7-5-3-4-6-8-14)15-11-10(17)12(19)16-13(20)18(11)2/h3-8H2,1-2H3,(H,16,19,20). The van der Waals surface area contributed by atoms with Crippen LogP contribution in [0.5, 0.6) is 0 Å². The maximum absolute atomic E-state index is 11.9. The summed E-state index contributed by atoms with van der Waals surface area (Å²) in [5.74, 6) is 0.852. The van der Waals surface area contributed by atoms with E-state index < -0.39 is 5.69 Å². The summed E-state index contributed by atoms with van der Waals surface area (Å²) in [5.41, 5.74) is 0.118. The largest absolute Gasteiger partial charge is 0.329 e. The van der Waals surface area contributed by atoms with Gasteiger partial charge in [0.25, 0.3) is 5.56 Å². The van der Waals surface area contributed by atoms with Gasteiger partial charge in [-0.15, -0.1) is 0 Å². The van der Waals surface area contributed by atoms with Gasteiger partial charge in [-0.1, -0.05) is 28.8 Å². The second-order valence-corrected chi connectivity index (χ2v) is 5.72. The van der Waals surface area contributed by atoms with Crippen LogP contribution in [0.1, 0.15) is 31.5 Å². The molecule has 0 fully saturated rings. The highest BCUT2D eigenvalue weighted by atomic mass is 79.9. The fourth-order valence-electron chi connectivity index (χ4n) is 2.31. The van der Waals surface area contributed by atoms with E-state index in [1.807, 2.05) is 7.05 Å². The normalized spacial score (nSPS) is 11.3. The zero-order chi connectivity index (χ0) is 14.7. The topological polar surface area (TPSA) is 72.7 Å². The van der Waals surface area contributed by atoms with Gasteiger partial charge in [-0.2, -0.15) is 0 Å². The van der Waals surface area contributed by atoms with Crippen LogP contribution in [0.15, 0.2) is 9.59 Å². The van der Waals surface area contributed by atoms with E-state index in [1.54, 1.807) is 11.6 Å². The zero-order valence-corrected chi connectivity index (χ0v) is 13.4. The van der Waals surface area contributed by atoms with Crippen LogP contribution < -0.4 is 11.2 Å². The SMILES string of the molecule is Cn1c(CCCCCCBr)nc2c1c(=O)[nH]c(=O)n2C. The number of aryl methyl sites for hydroxylation is 3. The molecule has 0 atom stereocenters. The first-order valence-electron chi connectivity index (χ1n) is 6.77. The number of unbranched alkanes of at least 4 members (excludes halogenated alkanes) is 3. The lowest BCUT2D eigenvalue weighted by molar-refractivity contribution is 0.645. The Hall–Kier alpha value is -1.37. The molecule has 0 unspecified atom stereocenters. The van der Waals surface area contributed by atoms with Crippen LogP contribution in [0.25, 0.3) is 11.2 Å². The molecule has 2 rings (SSSR count). The van der Waals surface area contributed by atoms with E-state index in [2.05, 4.69) is 25.9 Å². The van der Waals surface area contributed by atoms with Gasteiger partial charge in [0.15, 0.2) is 11.2 Å². The number of halogens is 1. The van der Waals surface area contributed by atoms with Crippen molar-refractivity contribution in [1.82, 2.24) is 19.1 Å². The summed E-state index contributed by atoms with van der Waals surface area (Å²) in [5, 5.41) is 1.04. The molecule has 0 aliphatic carbocycles. The van der Waals surface area contributed by atoms with Crippen molar-refractivity contribution in [2.24, 2.45) is 14.1 Å². The van der Waals surface area contributed by atoms with Crippen molar-refractivity contribution in [3.8, 4) is 0 Å². The van der Waals surface area contributed by atoms with Gasteiger partial charge in [-0.25, -0.2) is 9.78 Å². The molecule has 20 heavy (non-hydrogen) atoms.